The molecule has 1 heteroatoms. The van der Waals surface area contributed by atoms with Crippen LogP contribution in [-0.2, 0) is 4.79 Å². The van der Waals surface area contributed by atoms with E-state index in [0.717, 1.165) is 12.8 Å². The molecule has 1 atom stereocenters. The van der Waals surface area contributed by atoms with Crippen LogP contribution in [0.2, 0.25) is 0 Å². The molecule has 0 saturated carbocycles. The predicted octanol–water partition coefficient (Wildman–Crippen LogP) is 4.21. The summed E-state index contributed by atoms with van der Waals surface area (Å²) in [4.78, 5) is 11.0. The Labute approximate surface area is 98.9 Å². The third kappa shape index (κ3) is 3.48. The van der Waals surface area contributed by atoms with E-state index in [1.807, 2.05) is 0 Å². The van der Waals surface area contributed by atoms with Crippen LogP contribution in [0.15, 0.2) is 34.9 Å². The van der Waals surface area contributed by atoms with Crippen LogP contribution in [-0.4, -0.2) is 5.78 Å². The van der Waals surface area contributed by atoms with Gasteiger partial charge in [-0.05, 0) is 56.3 Å². The summed E-state index contributed by atoms with van der Waals surface area (Å²) in [6, 6.07) is 0. The molecule has 1 unspecified atom stereocenters. The molecule has 0 heterocycles. The fourth-order valence-electron chi connectivity index (χ4n) is 2.06. The van der Waals surface area contributed by atoms with Gasteiger partial charge < -0.3 is 4.79 Å². The molecule has 0 spiro atoms. The molecule has 0 amide bonds. The van der Waals surface area contributed by atoms with Crippen LogP contribution in [0.5, 0.6) is 0 Å². The summed E-state index contributed by atoms with van der Waals surface area (Å²) in [6.45, 7) is 8.12. The highest BCUT2D eigenvalue weighted by Gasteiger charge is 2.13. The number of rotatable bonds is 4. The average molecular weight is 218 g/mol. The Morgan fingerprint density at radius 2 is 2.19 bits per heavy atom. The normalized spacial score (nSPS) is 21.5. The minimum Gasteiger partial charge on any atom is -0.300 e. The van der Waals surface area contributed by atoms with E-state index in [1.165, 1.54) is 16.7 Å². The van der Waals surface area contributed by atoms with Crippen LogP contribution in [0.4, 0.5) is 0 Å². The minimum atomic E-state index is 0.269. The Kier molecular flexibility index (Phi) is 4.72. The van der Waals surface area contributed by atoms with Crippen LogP contribution >= 0.6 is 0 Å². The van der Waals surface area contributed by atoms with Crippen molar-refractivity contribution in [2.45, 2.75) is 47.0 Å². The van der Waals surface area contributed by atoms with E-state index in [2.05, 4.69) is 39.0 Å². The van der Waals surface area contributed by atoms with Gasteiger partial charge in [0.15, 0.2) is 0 Å². The van der Waals surface area contributed by atoms with Crippen LogP contribution in [0.3, 0.4) is 0 Å². The topological polar surface area (TPSA) is 17.1 Å². The molecule has 0 N–H and O–H groups in total. The number of hydrogen-bond donors (Lipinski definition) is 0. The monoisotopic (exact) mass is 218 g/mol. The molecule has 0 aromatic carbocycles. The Morgan fingerprint density at radius 3 is 2.75 bits per heavy atom. The van der Waals surface area contributed by atoms with Gasteiger partial charge in [0.25, 0.3) is 0 Å². The number of hydrogen-bond acceptors (Lipinski definition) is 1. The Hall–Kier alpha value is -1.11. The highest BCUT2D eigenvalue weighted by atomic mass is 16.1. The van der Waals surface area contributed by atoms with Crippen molar-refractivity contribution < 1.29 is 4.79 Å². The van der Waals surface area contributed by atoms with Gasteiger partial charge in [-0.1, -0.05) is 25.2 Å². The highest BCUT2D eigenvalue weighted by Crippen LogP contribution is 2.30. The first kappa shape index (κ1) is 13.0. The molecule has 16 heavy (non-hydrogen) atoms. The summed E-state index contributed by atoms with van der Waals surface area (Å²) in [6.07, 6.45) is 9.44. The lowest BCUT2D eigenvalue weighted by Gasteiger charge is -2.19. The first-order chi connectivity index (χ1) is 7.54. The summed E-state index contributed by atoms with van der Waals surface area (Å²) in [5, 5.41) is 0. The SMILES string of the molecule is C/C=C(/CCC(C)=O)C1=CC(C)CC=C1C. The summed E-state index contributed by atoms with van der Waals surface area (Å²) < 4.78 is 0. The third-order valence-electron chi connectivity index (χ3n) is 3.11. The molecule has 0 fully saturated rings. The molecule has 0 aromatic rings. The Bertz CT molecular complexity index is 356. The zero-order valence-corrected chi connectivity index (χ0v) is 10.8. The zero-order valence-electron chi connectivity index (χ0n) is 10.8. The largest absolute Gasteiger partial charge is 0.300 e. The number of carbonyl (C=O) groups excluding carboxylic acids is 1. The molecular formula is C15H22O. The van der Waals surface area contributed by atoms with Crippen molar-refractivity contribution in [2.24, 2.45) is 5.92 Å². The lowest BCUT2D eigenvalue weighted by molar-refractivity contribution is -0.116. The van der Waals surface area contributed by atoms with Crippen LogP contribution < -0.4 is 0 Å². The average Bonchev–Trinajstić information content (AvgIpc) is 2.23. The summed E-state index contributed by atoms with van der Waals surface area (Å²) >= 11 is 0. The first-order valence-electron chi connectivity index (χ1n) is 6.08. The minimum absolute atomic E-state index is 0.269. The quantitative estimate of drug-likeness (QED) is 0.690. The van der Waals surface area contributed by atoms with Crippen molar-refractivity contribution in [1.29, 1.82) is 0 Å². The van der Waals surface area contributed by atoms with Gasteiger partial charge in [0.1, 0.15) is 5.78 Å². The van der Waals surface area contributed by atoms with Gasteiger partial charge in [-0.25, -0.2) is 0 Å². The standard InChI is InChI=1S/C15H22O/c1-5-14(9-8-13(4)16)15-10-11(2)6-7-12(15)3/h5,7,10-11H,6,8-9H2,1-4H3/b14-5-. The van der Waals surface area contributed by atoms with Crippen molar-refractivity contribution in [2.75, 3.05) is 0 Å². The second-order valence-electron chi connectivity index (χ2n) is 4.70. The van der Waals surface area contributed by atoms with E-state index in [-0.39, 0.29) is 5.78 Å². The van der Waals surface area contributed by atoms with E-state index in [9.17, 15) is 4.79 Å². The van der Waals surface area contributed by atoms with Gasteiger partial charge in [0.2, 0.25) is 0 Å². The third-order valence-corrected chi connectivity index (χ3v) is 3.11. The lowest BCUT2D eigenvalue weighted by atomic mass is 9.86. The predicted molar refractivity (Wildman–Crippen MR) is 69.3 cm³/mol. The van der Waals surface area contributed by atoms with Crippen LogP contribution in [0.1, 0.15) is 47.0 Å². The summed E-state index contributed by atoms with van der Waals surface area (Å²) in [5.41, 5.74) is 4.02. The Morgan fingerprint density at radius 1 is 1.50 bits per heavy atom. The van der Waals surface area contributed by atoms with Gasteiger partial charge in [-0.2, -0.15) is 0 Å². The highest BCUT2D eigenvalue weighted by molar-refractivity contribution is 5.76. The maximum Gasteiger partial charge on any atom is 0.130 e. The lowest BCUT2D eigenvalue weighted by Crippen LogP contribution is -2.03. The van der Waals surface area contributed by atoms with Gasteiger partial charge in [-0.15, -0.1) is 0 Å². The van der Waals surface area contributed by atoms with Crippen molar-refractivity contribution in [1.82, 2.24) is 0 Å². The van der Waals surface area contributed by atoms with E-state index in [0.29, 0.717) is 12.3 Å². The fraction of sp³-hybridized carbons (Fsp3) is 0.533. The van der Waals surface area contributed by atoms with Crippen LogP contribution in [0.25, 0.3) is 0 Å². The summed E-state index contributed by atoms with van der Waals surface area (Å²) in [7, 11) is 0. The molecule has 0 aromatic heterocycles. The molecule has 0 saturated heterocycles. The maximum absolute atomic E-state index is 11.0. The smallest absolute Gasteiger partial charge is 0.130 e. The molecule has 1 nitrogen and oxygen atoms in total. The second kappa shape index (κ2) is 5.83. The van der Waals surface area contributed by atoms with E-state index >= 15 is 0 Å². The molecule has 1 rings (SSSR count). The van der Waals surface area contributed by atoms with Crippen molar-refractivity contribution in [3.8, 4) is 0 Å². The number of ketones is 1. The first-order valence-corrected chi connectivity index (χ1v) is 6.08. The van der Waals surface area contributed by atoms with Gasteiger partial charge in [0.05, 0.1) is 0 Å². The Balaban J connectivity index is 2.80. The fourth-order valence-corrected chi connectivity index (χ4v) is 2.06. The van der Waals surface area contributed by atoms with Crippen LogP contribution in [0, 0.1) is 5.92 Å². The molecule has 88 valence electrons. The van der Waals surface area contributed by atoms with Crippen molar-refractivity contribution in [3.63, 3.8) is 0 Å². The van der Waals surface area contributed by atoms with E-state index < -0.39 is 0 Å². The molecule has 1 aliphatic carbocycles. The second-order valence-corrected chi connectivity index (χ2v) is 4.70. The zero-order chi connectivity index (χ0) is 12.1. The molecule has 0 radical (unpaired) electrons. The number of allylic oxidation sites excluding steroid dienone is 6. The van der Waals surface area contributed by atoms with Crippen molar-refractivity contribution in [3.05, 3.63) is 34.9 Å². The molecule has 0 bridgehead atoms. The summed E-state index contributed by atoms with van der Waals surface area (Å²) in [5.74, 6) is 0.886. The van der Waals surface area contributed by atoms with Crippen molar-refractivity contribution >= 4 is 5.78 Å². The van der Waals surface area contributed by atoms with Gasteiger partial charge in [-0.3, -0.25) is 0 Å². The maximum atomic E-state index is 11.0. The molecular weight excluding hydrogens is 196 g/mol. The molecule has 1 aliphatic rings. The van der Waals surface area contributed by atoms with Gasteiger partial charge in [0, 0.05) is 6.42 Å². The molecule has 0 aliphatic heterocycles. The van der Waals surface area contributed by atoms with E-state index in [4.69, 9.17) is 0 Å². The van der Waals surface area contributed by atoms with E-state index in [1.54, 1.807) is 6.92 Å². The number of Topliss-reactive ketones (excluding diaryl/α,β-unsaturated/α-hetero) is 1. The number of carbonyl (C=O) groups is 1. The van der Waals surface area contributed by atoms with Gasteiger partial charge >= 0.3 is 0 Å².